The molecule has 2 atom stereocenters. The Balaban J connectivity index is 2.08. The van der Waals surface area contributed by atoms with E-state index in [1.807, 2.05) is 6.92 Å². The Bertz CT molecular complexity index is 514. The van der Waals surface area contributed by atoms with Gasteiger partial charge in [0.25, 0.3) is 0 Å². The zero-order chi connectivity index (χ0) is 14.7. The van der Waals surface area contributed by atoms with Crippen LogP contribution in [0.1, 0.15) is 6.92 Å². The Labute approximate surface area is 120 Å². The van der Waals surface area contributed by atoms with E-state index in [0.717, 1.165) is 18.7 Å². The molecule has 1 aromatic rings. The highest BCUT2D eigenvalue weighted by atomic mass is 35.5. The van der Waals surface area contributed by atoms with Crippen LogP contribution in [0.15, 0.2) is 12.1 Å². The van der Waals surface area contributed by atoms with E-state index < -0.39 is 10.7 Å². The van der Waals surface area contributed by atoms with Gasteiger partial charge in [0.2, 0.25) is 0 Å². The molecular formula is C12H14ClFN2O4. The van der Waals surface area contributed by atoms with Crippen LogP contribution in [-0.2, 0) is 4.74 Å². The van der Waals surface area contributed by atoms with Gasteiger partial charge in [0.1, 0.15) is 18.5 Å². The standard InChI is InChI=1S/C12H14ClFN2O4/c1-7-4-15-5-8(20-7)6-19-12-3-10(14)9(13)2-11(12)16(17)18/h2-3,7-8,15H,4-6H2,1H3. The molecule has 20 heavy (non-hydrogen) atoms. The third-order valence-electron chi connectivity index (χ3n) is 2.85. The molecule has 1 N–H and O–H groups in total. The van der Waals surface area contributed by atoms with Crippen molar-refractivity contribution in [3.63, 3.8) is 0 Å². The van der Waals surface area contributed by atoms with Crippen molar-refractivity contribution in [3.05, 3.63) is 33.1 Å². The number of nitrogens with one attached hydrogen (secondary N) is 1. The summed E-state index contributed by atoms with van der Waals surface area (Å²) in [5, 5.41) is 13.7. The van der Waals surface area contributed by atoms with Crippen molar-refractivity contribution in [1.29, 1.82) is 0 Å². The fourth-order valence-corrected chi connectivity index (χ4v) is 2.09. The minimum absolute atomic E-state index is 0.0364. The molecule has 1 aliphatic heterocycles. The monoisotopic (exact) mass is 304 g/mol. The maximum absolute atomic E-state index is 13.4. The molecule has 1 heterocycles. The summed E-state index contributed by atoms with van der Waals surface area (Å²) >= 11 is 5.53. The molecule has 110 valence electrons. The lowest BCUT2D eigenvalue weighted by molar-refractivity contribution is -0.386. The van der Waals surface area contributed by atoms with Crippen molar-refractivity contribution in [2.24, 2.45) is 0 Å². The molecule has 8 heteroatoms. The second kappa shape index (κ2) is 6.34. The molecule has 2 rings (SSSR count). The molecule has 0 bridgehead atoms. The van der Waals surface area contributed by atoms with Gasteiger partial charge in [-0.2, -0.15) is 0 Å². The van der Waals surface area contributed by atoms with E-state index in [1.54, 1.807) is 0 Å². The third-order valence-corrected chi connectivity index (χ3v) is 3.14. The summed E-state index contributed by atoms with van der Waals surface area (Å²) in [5.41, 5.74) is -0.367. The molecule has 0 amide bonds. The summed E-state index contributed by atoms with van der Waals surface area (Å²) in [6.45, 7) is 3.32. The summed E-state index contributed by atoms with van der Waals surface area (Å²) in [7, 11) is 0. The van der Waals surface area contributed by atoms with Crippen LogP contribution in [0.3, 0.4) is 0 Å². The van der Waals surface area contributed by atoms with Crippen LogP contribution in [0.4, 0.5) is 10.1 Å². The number of benzene rings is 1. The second-order valence-electron chi connectivity index (χ2n) is 4.53. The molecule has 1 saturated heterocycles. The molecule has 0 aliphatic carbocycles. The number of morpholine rings is 1. The van der Waals surface area contributed by atoms with E-state index >= 15 is 0 Å². The predicted octanol–water partition coefficient (Wildman–Crippen LogP) is 2.14. The Morgan fingerprint density at radius 1 is 1.60 bits per heavy atom. The Morgan fingerprint density at radius 2 is 2.35 bits per heavy atom. The molecule has 0 radical (unpaired) electrons. The molecule has 1 fully saturated rings. The summed E-state index contributed by atoms with van der Waals surface area (Å²) < 4.78 is 24.3. The summed E-state index contributed by atoms with van der Waals surface area (Å²) in [5.74, 6) is -0.915. The zero-order valence-electron chi connectivity index (χ0n) is 10.8. The third kappa shape index (κ3) is 3.56. The molecule has 1 aromatic carbocycles. The van der Waals surface area contributed by atoms with Gasteiger partial charge >= 0.3 is 5.69 Å². The number of ether oxygens (including phenoxy) is 2. The number of hydrogen-bond acceptors (Lipinski definition) is 5. The van der Waals surface area contributed by atoms with E-state index in [-0.39, 0.29) is 35.3 Å². The Morgan fingerprint density at radius 3 is 3.00 bits per heavy atom. The highest BCUT2D eigenvalue weighted by Crippen LogP contribution is 2.32. The van der Waals surface area contributed by atoms with Crippen molar-refractivity contribution in [3.8, 4) is 5.75 Å². The Kier molecular flexibility index (Phi) is 4.74. The molecular weight excluding hydrogens is 291 g/mol. The van der Waals surface area contributed by atoms with Crippen LogP contribution < -0.4 is 10.1 Å². The first-order valence-electron chi connectivity index (χ1n) is 6.09. The van der Waals surface area contributed by atoms with Crippen LogP contribution in [0, 0.1) is 15.9 Å². The van der Waals surface area contributed by atoms with Gasteiger partial charge in [-0.25, -0.2) is 4.39 Å². The first-order chi connectivity index (χ1) is 9.47. The SMILES string of the molecule is CC1CNCC(COc2cc(F)c(Cl)cc2[N+](=O)[O-])O1. The lowest BCUT2D eigenvalue weighted by Gasteiger charge is -2.28. The minimum Gasteiger partial charge on any atom is -0.484 e. The number of nitro groups is 1. The van der Waals surface area contributed by atoms with Crippen molar-refractivity contribution in [1.82, 2.24) is 5.32 Å². The highest BCUT2D eigenvalue weighted by Gasteiger charge is 2.23. The number of rotatable bonds is 4. The zero-order valence-corrected chi connectivity index (χ0v) is 11.5. The quantitative estimate of drug-likeness (QED) is 0.681. The fourth-order valence-electron chi connectivity index (χ4n) is 1.93. The molecule has 2 unspecified atom stereocenters. The molecule has 6 nitrogen and oxygen atoms in total. The van der Waals surface area contributed by atoms with E-state index in [2.05, 4.69) is 5.32 Å². The Hall–Kier alpha value is -1.44. The fraction of sp³-hybridized carbons (Fsp3) is 0.500. The van der Waals surface area contributed by atoms with Crippen molar-refractivity contribution in [2.45, 2.75) is 19.1 Å². The van der Waals surface area contributed by atoms with Crippen LogP contribution in [-0.4, -0.2) is 36.8 Å². The maximum atomic E-state index is 13.4. The normalized spacial score (nSPS) is 22.6. The van der Waals surface area contributed by atoms with E-state index in [0.29, 0.717) is 6.54 Å². The van der Waals surface area contributed by atoms with Gasteiger partial charge in [-0.3, -0.25) is 10.1 Å². The maximum Gasteiger partial charge on any atom is 0.312 e. The first kappa shape index (κ1) is 15.0. The van der Waals surface area contributed by atoms with Gasteiger partial charge in [-0.15, -0.1) is 0 Å². The number of hydrogen-bond donors (Lipinski definition) is 1. The van der Waals surface area contributed by atoms with Crippen LogP contribution >= 0.6 is 11.6 Å². The number of nitro benzene ring substituents is 1. The lowest BCUT2D eigenvalue weighted by atomic mass is 10.2. The summed E-state index contributed by atoms with van der Waals surface area (Å²) in [4.78, 5) is 10.2. The summed E-state index contributed by atoms with van der Waals surface area (Å²) in [6.07, 6.45) is -0.202. The van der Waals surface area contributed by atoms with E-state index in [9.17, 15) is 14.5 Å². The largest absolute Gasteiger partial charge is 0.484 e. The number of halogens is 2. The van der Waals surface area contributed by atoms with E-state index in [4.69, 9.17) is 21.1 Å². The van der Waals surface area contributed by atoms with Gasteiger partial charge < -0.3 is 14.8 Å². The van der Waals surface area contributed by atoms with Gasteiger partial charge in [-0.05, 0) is 6.92 Å². The first-order valence-corrected chi connectivity index (χ1v) is 6.47. The smallest absolute Gasteiger partial charge is 0.312 e. The van der Waals surface area contributed by atoms with Gasteiger partial charge in [0.05, 0.1) is 16.0 Å². The average molecular weight is 305 g/mol. The molecule has 1 aliphatic rings. The van der Waals surface area contributed by atoms with Crippen molar-refractivity contribution < 1.29 is 18.8 Å². The average Bonchev–Trinajstić information content (AvgIpc) is 2.39. The van der Waals surface area contributed by atoms with Gasteiger partial charge in [0, 0.05) is 25.2 Å². The topological polar surface area (TPSA) is 73.6 Å². The molecule has 0 saturated carbocycles. The van der Waals surface area contributed by atoms with Crippen molar-refractivity contribution >= 4 is 17.3 Å². The highest BCUT2D eigenvalue weighted by molar-refractivity contribution is 6.31. The van der Waals surface area contributed by atoms with Gasteiger partial charge in [-0.1, -0.05) is 11.6 Å². The predicted molar refractivity (Wildman–Crippen MR) is 70.8 cm³/mol. The van der Waals surface area contributed by atoms with Crippen LogP contribution in [0.5, 0.6) is 5.75 Å². The van der Waals surface area contributed by atoms with E-state index in [1.165, 1.54) is 0 Å². The second-order valence-corrected chi connectivity index (χ2v) is 4.94. The summed E-state index contributed by atoms with van der Waals surface area (Å²) in [6, 6.07) is 1.86. The lowest BCUT2D eigenvalue weighted by Crippen LogP contribution is -2.45. The van der Waals surface area contributed by atoms with Crippen molar-refractivity contribution in [2.75, 3.05) is 19.7 Å². The van der Waals surface area contributed by atoms with Crippen LogP contribution in [0.2, 0.25) is 5.02 Å². The van der Waals surface area contributed by atoms with Gasteiger partial charge in [0.15, 0.2) is 5.75 Å². The molecule has 0 aromatic heterocycles. The van der Waals surface area contributed by atoms with Crippen LogP contribution in [0.25, 0.3) is 0 Å². The number of nitrogens with zero attached hydrogens (tertiary/aromatic N) is 1. The minimum atomic E-state index is -0.761. The molecule has 0 spiro atoms.